The Hall–Kier alpha value is -3.53. The Morgan fingerprint density at radius 3 is 2.64 bits per heavy atom. The number of benzene rings is 2. The topological polar surface area (TPSA) is 126 Å². The number of nitrogens with two attached hydrogens (primary N) is 1. The number of nitrogens with zero attached hydrogens (tertiary/aromatic N) is 4. The van der Waals surface area contributed by atoms with Crippen molar-refractivity contribution in [1.82, 2.24) is 9.78 Å². The predicted molar refractivity (Wildman–Crippen MR) is 105 cm³/mol. The second-order valence-electron chi connectivity index (χ2n) is 5.72. The summed E-state index contributed by atoms with van der Waals surface area (Å²) in [6.07, 6.45) is 3.49. The van der Waals surface area contributed by atoms with Crippen LogP contribution in [0.2, 0.25) is 0 Å². The number of hydrogen-bond donors (Lipinski definition) is 1. The van der Waals surface area contributed by atoms with Gasteiger partial charge >= 0.3 is 5.97 Å². The molecule has 1 heterocycles. The van der Waals surface area contributed by atoms with Gasteiger partial charge in [-0.15, -0.1) is 0 Å². The van der Waals surface area contributed by atoms with E-state index >= 15 is 0 Å². The number of carbonyl (C=O) groups is 1. The molecule has 3 rings (SSSR count). The molecule has 0 aliphatic carbocycles. The number of non-ortho nitro benzene ring substituents is 1. The third-order valence-corrected chi connectivity index (χ3v) is 4.12. The Labute approximate surface area is 167 Å². The average molecular weight is 444 g/mol. The number of carbonyl (C=O) groups excluding carboxylic acids is 1. The van der Waals surface area contributed by atoms with Crippen molar-refractivity contribution in [3.63, 3.8) is 0 Å². The Balaban J connectivity index is 1.67. The van der Waals surface area contributed by atoms with Gasteiger partial charge in [0.25, 0.3) is 5.69 Å². The molecule has 0 unspecified atom stereocenters. The van der Waals surface area contributed by atoms with Crippen LogP contribution in [-0.4, -0.2) is 26.5 Å². The summed E-state index contributed by atoms with van der Waals surface area (Å²) in [6, 6.07) is 12.3. The molecule has 0 fully saturated rings. The van der Waals surface area contributed by atoms with Crippen LogP contribution >= 0.6 is 15.9 Å². The van der Waals surface area contributed by atoms with Crippen LogP contribution in [0, 0.1) is 10.1 Å². The van der Waals surface area contributed by atoms with Crippen LogP contribution in [0.4, 0.5) is 5.69 Å². The lowest BCUT2D eigenvalue weighted by molar-refractivity contribution is -0.384. The Morgan fingerprint density at radius 1 is 1.25 bits per heavy atom. The highest BCUT2D eigenvalue weighted by molar-refractivity contribution is 9.10. The first kappa shape index (κ1) is 19.2. The van der Waals surface area contributed by atoms with E-state index in [1.165, 1.54) is 24.3 Å². The lowest BCUT2D eigenvalue weighted by Gasteiger charge is -2.05. The summed E-state index contributed by atoms with van der Waals surface area (Å²) >= 11 is 3.33. The third kappa shape index (κ3) is 4.80. The first-order valence-corrected chi connectivity index (χ1v) is 8.78. The van der Waals surface area contributed by atoms with Gasteiger partial charge in [-0.25, -0.2) is 4.79 Å². The van der Waals surface area contributed by atoms with Crippen LogP contribution in [0.3, 0.4) is 0 Å². The van der Waals surface area contributed by atoms with Crippen molar-refractivity contribution in [2.24, 2.45) is 10.9 Å². The Bertz CT molecular complexity index is 1050. The number of nitro benzene ring substituents is 1. The maximum Gasteiger partial charge on any atom is 0.365 e. The van der Waals surface area contributed by atoms with E-state index in [-0.39, 0.29) is 11.5 Å². The molecule has 28 heavy (non-hydrogen) atoms. The van der Waals surface area contributed by atoms with E-state index in [2.05, 4.69) is 26.2 Å². The molecule has 0 bridgehead atoms. The van der Waals surface area contributed by atoms with E-state index in [1.807, 2.05) is 12.3 Å². The zero-order valence-corrected chi connectivity index (χ0v) is 15.9. The van der Waals surface area contributed by atoms with Crippen LogP contribution < -0.4 is 5.73 Å². The van der Waals surface area contributed by atoms with Crippen LogP contribution in [0.5, 0.6) is 0 Å². The fourth-order valence-corrected chi connectivity index (χ4v) is 2.69. The van der Waals surface area contributed by atoms with Crippen molar-refractivity contribution in [2.75, 3.05) is 0 Å². The summed E-state index contributed by atoms with van der Waals surface area (Å²) in [5, 5.41) is 18.4. The second kappa shape index (κ2) is 8.44. The van der Waals surface area contributed by atoms with Gasteiger partial charge in [0.15, 0.2) is 5.84 Å². The van der Waals surface area contributed by atoms with Crippen molar-refractivity contribution in [1.29, 1.82) is 0 Å². The summed E-state index contributed by atoms with van der Waals surface area (Å²) in [7, 11) is 0. The molecular formula is C18H14BrN5O4. The van der Waals surface area contributed by atoms with E-state index in [9.17, 15) is 14.9 Å². The monoisotopic (exact) mass is 443 g/mol. The van der Waals surface area contributed by atoms with Crippen molar-refractivity contribution in [3.05, 3.63) is 92.2 Å². The summed E-state index contributed by atoms with van der Waals surface area (Å²) < 4.78 is 2.58. The normalized spacial score (nSPS) is 11.2. The van der Waals surface area contributed by atoms with Crippen molar-refractivity contribution in [3.8, 4) is 0 Å². The summed E-state index contributed by atoms with van der Waals surface area (Å²) in [5.41, 5.74) is 7.26. The quantitative estimate of drug-likeness (QED) is 0.205. The fourth-order valence-electron chi connectivity index (χ4n) is 2.36. The van der Waals surface area contributed by atoms with Crippen molar-refractivity contribution in [2.45, 2.75) is 6.54 Å². The lowest BCUT2D eigenvalue weighted by atomic mass is 10.1. The van der Waals surface area contributed by atoms with Crippen molar-refractivity contribution >= 4 is 33.4 Å². The zero-order valence-electron chi connectivity index (χ0n) is 14.4. The number of nitro groups is 1. The van der Waals surface area contributed by atoms with Crippen molar-refractivity contribution < 1.29 is 14.6 Å². The fraction of sp³-hybridized carbons (Fsp3) is 0.0556. The number of amidine groups is 1. The van der Waals surface area contributed by atoms with Gasteiger partial charge in [-0.1, -0.05) is 17.3 Å². The highest BCUT2D eigenvalue weighted by atomic mass is 79.9. The summed E-state index contributed by atoms with van der Waals surface area (Å²) in [4.78, 5) is 27.3. The Morgan fingerprint density at radius 2 is 2.00 bits per heavy atom. The minimum Gasteiger partial charge on any atom is -0.380 e. The van der Waals surface area contributed by atoms with E-state index in [0.717, 1.165) is 10.0 Å². The molecule has 0 atom stereocenters. The maximum absolute atomic E-state index is 12.2. The summed E-state index contributed by atoms with van der Waals surface area (Å²) in [5.74, 6) is -0.742. The standard InChI is InChI=1S/C18H14BrN5O4/c19-15-9-21-23(11-15)10-12-2-1-3-14(8-12)18(25)28-22-17(20)13-4-6-16(7-5-13)24(26)27/h1-9,11H,10H2,(H2,20,22). The van der Waals surface area contributed by atoms with Gasteiger partial charge in [-0.05, 0) is 45.8 Å². The molecule has 0 amide bonds. The summed E-state index contributed by atoms with van der Waals surface area (Å²) in [6.45, 7) is 0.487. The lowest BCUT2D eigenvalue weighted by Crippen LogP contribution is -2.15. The molecule has 1 aromatic heterocycles. The molecule has 142 valence electrons. The molecule has 0 saturated carbocycles. The largest absolute Gasteiger partial charge is 0.380 e. The highest BCUT2D eigenvalue weighted by Gasteiger charge is 2.10. The van der Waals surface area contributed by atoms with E-state index in [0.29, 0.717) is 17.7 Å². The number of oxime groups is 1. The molecule has 10 heteroatoms. The average Bonchev–Trinajstić information content (AvgIpc) is 3.10. The minimum absolute atomic E-state index is 0.0687. The molecule has 0 aliphatic rings. The number of rotatable bonds is 6. The third-order valence-electron chi connectivity index (χ3n) is 3.71. The van der Waals surface area contributed by atoms with Gasteiger partial charge in [-0.3, -0.25) is 14.8 Å². The molecule has 2 N–H and O–H groups in total. The van der Waals surface area contributed by atoms with Gasteiger partial charge in [-0.2, -0.15) is 5.10 Å². The van der Waals surface area contributed by atoms with E-state index in [4.69, 9.17) is 10.6 Å². The van der Waals surface area contributed by atoms with Crippen LogP contribution in [0.25, 0.3) is 0 Å². The zero-order chi connectivity index (χ0) is 20.1. The van der Waals surface area contributed by atoms with Gasteiger partial charge < -0.3 is 10.6 Å². The van der Waals surface area contributed by atoms with E-state index < -0.39 is 10.9 Å². The smallest absolute Gasteiger partial charge is 0.365 e. The first-order chi connectivity index (χ1) is 13.4. The van der Waals surface area contributed by atoms with Crippen LogP contribution in [0.1, 0.15) is 21.5 Å². The SMILES string of the molecule is N/C(=N\OC(=O)c1cccc(Cn2cc(Br)cn2)c1)c1ccc([N+](=O)[O-])cc1. The molecule has 0 spiro atoms. The Kier molecular flexibility index (Phi) is 5.80. The molecular weight excluding hydrogens is 430 g/mol. The molecule has 9 nitrogen and oxygen atoms in total. The van der Waals surface area contributed by atoms with Gasteiger partial charge in [0.2, 0.25) is 0 Å². The van der Waals surface area contributed by atoms with Gasteiger partial charge in [0.05, 0.1) is 27.7 Å². The highest BCUT2D eigenvalue weighted by Crippen LogP contribution is 2.13. The van der Waals surface area contributed by atoms with E-state index in [1.54, 1.807) is 29.1 Å². The molecule has 2 aromatic carbocycles. The first-order valence-electron chi connectivity index (χ1n) is 7.99. The predicted octanol–water partition coefficient (Wildman–Crippen LogP) is 3.08. The molecule has 0 radical (unpaired) electrons. The van der Waals surface area contributed by atoms with Gasteiger partial charge in [0, 0.05) is 23.9 Å². The van der Waals surface area contributed by atoms with Crippen LogP contribution in [0.15, 0.2) is 70.6 Å². The maximum atomic E-state index is 12.2. The van der Waals surface area contributed by atoms with Gasteiger partial charge in [0.1, 0.15) is 0 Å². The second-order valence-corrected chi connectivity index (χ2v) is 6.63. The number of hydrogen-bond acceptors (Lipinski definition) is 6. The minimum atomic E-state index is -0.673. The van der Waals surface area contributed by atoms with Crippen LogP contribution in [-0.2, 0) is 11.4 Å². The number of halogens is 1. The molecule has 0 aliphatic heterocycles. The molecule has 0 saturated heterocycles. The number of aromatic nitrogens is 2. The molecule has 3 aromatic rings.